The number of aryl methyl sites for hydroxylation is 2. The molecule has 2 rings (SSSR count). The molecule has 1 fully saturated rings. The Morgan fingerprint density at radius 1 is 1.45 bits per heavy atom. The normalized spacial score (nSPS) is 18.6. The van der Waals surface area contributed by atoms with Crippen LogP contribution < -0.4 is 11.0 Å². The number of aromatic nitrogens is 3. The van der Waals surface area contributed by atoms with E-state index >= 15 is 0 Å². The highest BCUT2D eigenvalue weighted by Gasteiger charge is 2.33. The maximum atomic E-state index is 12.4. The van der Waals surface area contributed by atoms with Crippen LogP contribution in [-0.4, -0.2) is 50.2 Å². The average molecular weight is 309 g/mol. The van der Waals surface area contributed by atoms with E-state index in [1.54, 1.807) is 11.9 Å². The van der Waals surface area contributed by atoms with Gasteiger partial charge in [0.25, 0.3) is 0 Å². The Labute approximate surface area is 129 Å². The number of piperazine rings is 1. The summed E-state index contributed by atoms with van der Waals surface area (Å²) < 4.78 is 2.62. The molecule has 0 spiro atoms. The number of nitrogens with zero attached hydrogens (tertiary/aromatic N) is 4. The van der Waals surface area contributed by atoms with E-state index in [0.717, 1.165) is 0 Å². The molecule has 8 heteroatoms. The van der Waals surface area contributed by atoms with Gasteiger partial charge in [0.15, 0.2) is 0 Å². The summed E-state index contributed by atoms with van der Waals surface area (Å²) in [4.78, 5) is 37.7. The van der Waals surface area contributed by atoms with Gasteiger partial charge in [-0.05, 0) is 12.3 Å². The second-order valence-electron chi connectivity index (χ2n) is 6.02. The zero-order valence-electron chi connectivity index (χ0n) is 13.3. The predicted octanol–water partition coefficient (Wildman–Crippen LogP) is -0.655. The summed E-state index contributed by atoms with van der Waals surface area (Å²) in [5, 5.41) is 6.74. The molecule has 0 aliphatic carbocycles. The summed E-state index contributed by atoms with van der Waals surface area (Å²) >= 11 is 0. The van der Waals surface area contributed by atoms with Crippen molar-refractivity contribution >= 4 is 11.8 Å². The Morgan fingerprint density at radius 3 is 2.77 bits per heavy atom. The molecule has 1 atom stereocenters. The van der Waals surface area contributed by atoms with Gasteiger partial charge in [-0.3, -0.25) is 14.2 Å². The largest absolute Gasteiger partial charge is 0.353 e. The summed E-state index contributed by atoms with van der Waals surface area (Å²) in [6.07, 6.45) is 2.22. The Bertz CT molecular complexity index is 604. The van der Waals surface area contributed by atoms with E-state index in [2.05, 4.69) is 10.4 Å². The van der Waals surface area contributed by atoms with Gasteiger partial charge in [0.05, 0.1) is 6.54 Å². The van der Waals surface area contributed by atoms with Crippen molar-refractivity contribution in [2.24, 2.45) is 13.0 Å². The van der Waals surface area contributed by atoms with Crippen LogP contribution in [-0.2, 0) is 23.2 Å². The van der Waals surface area contributed by atoms with Crippen LogP contribution in [0.3, 0.4) is 0 Å². The predicted molar refractivity (Wildman–Crippen MR) is 80.1 cm³/mol. The van der Waals surface area contributed by atoms with Gasteiger partial charge in [0.1, 0.15) is 12.4 Å². The minimum Gasteiger partial charge on any atom is -0.353 e. The van der Waals surface area contributed by atoms with Crippen LogP contribution in [0.15, 0.2) is 11.1 Å². The van der Waals surface area contributed by atoms with Crippen molar-refractivity contribution in [3.8, 4) is 0 Å². The molecule has 22 heavy (non-hydrogen) atoms. The molecule has 1 aromatic heterocycles. The third kappa shape index (κ3) is 3.55. The molecule has 1 N–H and O–H groups in total. The quantitative estimate of drug-likeness (QED) is 0.782. The van der Waals surface area contributed by atoms with Crippen molar-refractivity contribution in [2.45, 2.75) is 39.3 Å². The molecule has 122 valence electrons. The lowest BCUT2D eigenvalue weighted by molar-refractivity contribution is -0.144. The molecule has 2 amide bonds. The number of rotatable bonds is 5. The molecule has 0 bridgehead atoms. The Morgan fingerprint density at radius 2 is 2.18 bits per heavy atom. The maximum absolute atomic E-state index is 12.4. The zero-order chi connectivity index (χ0) is 16.3. The fraction of sp³-hybridized carbons (Fsp3) is 0.714. The van der Waals surface area contributed by atoms with Gasteiger partial charge in [0, 0.05) is 26.6 Å². The molecule has 0 saturated carbocycles. The van der Waals surface area contributed by atoms with E-state index in [1.807, 2.05) is 13.8 Å². The van der Waals surface area contributed by atoms with Gasteiger partial charge in [-0.1, -0.05) is 13.8 Å². The highest BCUT2D eigenvalue weighted by molar-refractivity contribution is 5.88. The first kappa shape index (κ1) is 16.3. The minimum atomic E-state index is -0.415. The molecule has 1 aliphatic heterocycles. The molecular formula is C14H23N5O3. The van der Waals surface area contributed by atoms with E-state index in [-0.39, 0.29) is 30.5 Å². The van der Waals surface area contributed by atoms with Crippen LogP contribution >= 0.6 is 0 Å². The topological polar surface area (TPSA) is 89.2 Å². The second kappa shape index (κ2) is 6.76. The fourth-order valence-corrected chi connectivity index (χ4v) is 2.61. The first-order valence-corrected chi connectivity index (χ1v) is 7.55. The first-order valence-electron chi connectivity index (χ1n) is 7.55. The molecule has 0 unspecified atom stereocenters. The summed E-state index contributed by atoms with van der Waals surface area (Å²) in [5.41, 5.74) is -0.247. The average Bonchev–Trinajstić information content (AvgIpc) is 2.78. The molecule has 0 aromatic carbocycles. The van der Waals surface area contributed by atoms with E-state index < -0.39 is 6.04 Å². The van der Waals surface area contributed by atoms with Crippen molar-refractivity contribution in [1.82, 2.24) is 24.6 Å². The summed E-state index contributed by atoms with van der Waals surface area (Å²) in [6.45, 7) is 5.27. The lowest BCUT2D eigenvalue weighted by Gasteiger charge is -2.36. The van der Waals surface area contributed by atoms with Crippen LogP contribution in [0.2, 0.25) is 0 Å². The number of carbonyl (C=O) groups excluding carboxylic acids is 2. The first-order chi connectivity index (χ1) is 10.4. The minimum absolute atomic E-state index is 0.0942. The molecular weight excluding hydrogens is 286 g/mol. The van der Waals surface area contributed by atoms with Gasteiger partial charge < -0.3 is 10.2 Å². The third-order valence-corrected chi connectivity index (χ3v) is 3.77. The molecule has 8 nitrogen and oxygen atoms in total. The van der Waals surface area contributed by atoms with Crippen LogP contribution in [0.4, 0.5) is 0 Å². The van der Waals surface area contributed by atoms with Gasteiger partial charge in [0.2, 0.25) is 11.8 Å². The standard InChI is InChI=1S/C14H23N5O3/c1-10(2)8-11-13(21)15-5-7-18(11)12(20)4-6-19-14(22)17(3)9-16-19/h9-11H,4-8H2,1-3H3,(H,15,21)/t11-/m0/s1. The Balaban J connectivity index is 2.01. The molecule has 2 heterocycles. The SMILES string of the molecule is CC(C)C[C@H]1C(=O)NCCN1C(=O)CCn1ncn(C)c1=O. The fourth-order valence-electron chi connectivity index (χ4n) is 2.61. The zero-order valence-corrected chi connectivity index (χ0v) is 13.3. The van der Waals surface area contributed by atoms with Crippen molar-refractivity contribution in [3.05, 3.63) is 16.8 Å². The number of hydrogen-bond donors (Lipinski definition) is 1. The smallest absolute Gasteiger partial charge is 0.345 e. The van der Waals surface area contributed by atoms with Gasteiger partial charge in [-0.15, -0.1) is 0 Å². The van der Waals surface area contributed by atoms with Crippen molar-refractivity contribution in [2.75, 3.05) is 13.1 Å². The summed E-state index contributed by atoms with van der Waals surface area (Å²) in [5.74, 6) is 0.115. The van der Waals surface area contributed by atoms with Crippen LogP contribution in [0, 0.1) is 5.92 Å². The molecule has 1 saturated heterocycles. The van der Waals surface area contributed by atoms with Crippen molar-refractivity contribution in [1.29, 1.82) is 0 Å². The van der Waals surface area contributed by atoms with Crippen molar-refractivity contribution in [3.63, 3.8) is 0 Å². The van der Waals surface area contributed by atoms with E-state index in [1.165, 1.54) is 15.6 Å². The number of amides is 2. The van der Waals surface area contributed by atoms with Gasteiger partial charge >= 0.3 is 5.69 Å². The van der Waals surface area contributed by atoms with Crippen LogP contribution in [0.25, 0.3) is 0 Å². The Hall–Kier alpha value is -2.12. The highest BCUT2D eigenvalue weighted by Crippen LogP contribution is 2.15. The summed E-state index contributed by atoms with van der Waals surface area (Å²) in [7, 11) is 1.61. The highest BCUT2D eigenvalue weighted by atomic mass is 16.2. The number of hydrogen-bond acceptors (Lipinski definition) is 4. The maximum Gasteiger partial charge on any atom is 0.345 e. The monoisotopic (exact) mass is 309 g/mol. The molecule has 0 radical (unpaired) electrons. The van der Waals surface area contributed by atoms with E-state index in [0.29, 0.717) is 25.4 Å². The van der Waals surface area contributed by atoms with Crippen LogP contribution in [0.1, 0.15) is 26.7 Å². The third-order valence-electron chi connectivity index (χ3n) is 3.77. The lowest BCUT2D eigenvalue weighted by atomic mass is 9.99. The molecule has 1 aliphatic rings. The Kier molecular flexibility index (Phi) is 4.99. The van der Waals surface area contributed by atoms with E-state index in [4.69, 9.17) is 0 Å². The number of nitrogens with one attached hydrogen (secondary N) is 1. The number of carbonyl (C=O) groups is 2. The molecule has 1 aromatic rings. The second-order valence-corrected chi connectivity index (χ2v) is 6.02. The van der Waals surface area contributed by atoms with E-state index in [9.17, 15) is 14.4 Å². The summed E-state index contributed by atoms with van der Waals surface area (Å²) in [6, 6.07) is -0.415. The van der Waals surface area contributed by atoms with Gasteiger partial charge in [-0.2, -0.15) is 5.10 Å². The van der Waals surface area contributed by atoms with Crippen LogP contribution in [0.5, 0.6) is 0 Å². The van der Waals surface area contributed by atoms with Gasteiger partial charge in [-0.25, -0.2) is 9.48 Å². The van der Waals surface area contributed by atoms with Crippen molar-refractivity contribution < 1.29 is 9.59 Å². The lowest BCUT2D eigenvalue weighted by Crippen LogP contribution is -2.57.